The summed E-state index contributed by atoms with van der Waals surface area (Å²) in [5.41, 5.74) is 9.71. The Bertz CT molecular complexity index is 1260. The summed E-state index contributed by atoms with van der Waals surface area (Å²) in [6.07, 6.45) is 15.3. The Morgan fingerprint density at radius 2 is 1.18 bits per heavy atom. The van der Waals surface area contributed by atoms with Crippen LogP contribution in [0.4, 0.5) is 0 Å². The minimum Gasteiger partial charge on any atom is -0.235 e. The molecule has 0 saturated carbocycles. The first-order valence-electron chi connectivity index (χ1n) is 11.3. The number of hydrogen-bond acceptors (Lipinski definition) is 0. The molecule has 0 heterocycles. The molecule has 3 aromatic carbocycles. The van der Waals surface area contributed by atoms with E-state index in [1.165, 1.54) is 44.7 Å². The Hall–Kier alpha value is -3.97. The highest BCUT2D eigenvalue weighted by molar-refractivity contribution is 6.03. The highest BCUT2D eigenvalue weighted by atomic mass is 14.9. The molecule has 0 bridgehead atoms. The second-order valence-electron chi connectivity index (χ2n) is 8.39. The van der Waals surface area contributed by atoms with Gasteiger partial charge in [0.05, 0.1) is 0 Å². The van der Waals surface area contributed by atoms with Gasteiger partial charge in [-0.3, -0.25) is 0 Å². The zero-order valence-corrected chi connectivity index (χ0v) is 19.6. The van der Waals surface area contributed by atoms with Crippen LogP contribution in [0.5, 0.6) is 0 Å². The Balaban J connectivity index is 1.77. The van der Waals surface area contributed by atoms with E-state index in [0.29, 0.717) is 0 Å². The third kappa shape index (κ3) is 5.64. The Kier molecular flexibility index (Phi) is 7.12. The maximum atomic E-state index is 2.22. The average Bonchev–Trinajstić information content (AvgIpc) is 2.86. The highest BCUT2D eigenvalue weighted by Gasteiger charge is 2.09. The van der Waals surface area contributed by atoms with E-state index >= 15 is 0 Å². The average molecular weight is 429 g/mol. The molecule has 1 heteroatoms. The van der Waals surface area contributed by atoms with Gasteiger partial charge in [-0.1, -0.05) is 109 Å². The molecule has 0 fully saturated rings. The van der Waals surface area contributed by atoms with Crippen molar-refractivity contribution in [1.29, 1.82) is 0 Å². The molecule has 4 rings (SSSR count). The van der Waals surface area contributed by atoms with Gasteiger partial charge in [0.25, 0.3) is 0 Å². The van der Waals surface area contributed by atoms with Gasteiger partial charge < -0.3 is 0 Å². The highest BCUT2D eigenvalue weighted by Crippen LogP contribution is 2.26. The molecule has 1 aliphatic carbocycles. The lowest BCUT2D eigenvalue weighted by Crippen LogP contribution is -2.09. The van der Waals surface area contributed by atoms with Gasteiger partial charge in [0.15, 0.2) is 5.71 Å². The van der Waals surface area contributed by atoms with Crippen LogP contribution in [0.15, 0.2) is 133 Å². The molecule has 0 radical (unpaired) electrons. The molecule has 0 atom stereocenters. The molecular weight excluding hydrogens is 398 g/mol. The third-order valence-electron chi connectivity index (χ3n) is 5.75. The van der Waals surface area contributed by atoms with Crippen molar-refractivity contribution in [3.05, 3.63) is 155 Å². The summed E-state index contributed by atoms with van der Waals surface area (Å²) in [5.74, 6) is 0. The molecule has 1 nitrogen and oxygen atoms in total. The summed E-state index contributed by atoms with van der Waals surface area (Å²) >= 11 is 0. The van der Waals surface area contributed by atoms with Crippen molar-refractivity contribution in [2.75, 3.05) is 14.1 Å². The van der Waals surface area contributed by atoms with Crippen molar-refractivity contribution in [1.82, 2.24) is 0 Å². The van der Waals surface area contributed by atoms with Crippen molar-refractivity contribution < 1.29 is 4.58 Å². The van der Waals surface area contributed by atoms with Crippen LogP contribution in [0, 0.1) is 6.92 Å². The molecule has 0 spiro atoms. The summed E-state index contributed by atoms with van der Waals surface area (Å²) in [6, 6.07) is 29.9. The second-order valence-corrected chi connectivity index (χ2v) is 8.39. The maximum Gasteiger partial charge on any atom is 0.199 e. The standard InChI is InChI=1S/C32H30N/c1-25-17-19-28(20-18-25)31(26-11-6-4-7-12-26)15-10-16-32(27-13-8-5-9-14-27)29-21-23-30(24-22-29)33(2)3/h4-24H,1-3H3/q+1. The fourth-order valence-corrected chi connectivity index (χ4v) is 3.87. The zero-order chi connectivity index (χ0) is 23.0. The first-order chi connectivity index (χ1) is 16.1. The third-order valence-corrected chi connectivity index (χ3v) is 5.75. The van der Waals surface area contributed by atoms with E-state index in [1.807, 2.05) is 0 Å². The van der Waals surface area contributed by atoms with Crippen LogP contribution in [0.1, 0.15) is 22.3 Å². The lowest BCUT2D eigenvalue weighted by Gasteiger charge is -2.10. The molecule has 0 saturated heterocycles. The largest absolute Gasteiger partial charge is 0.235 e. The summed E-state index contributed by atoms with van der Waals surface area (Å²) in [6.45, 7) is 2.12. The fraction of sp³-hybridized carbons (Fsp3) is 0.0938. The molecule has 0 aliphatic heterocycles. The van der Waals surface area contributed by atoms with Crippen molar-refractivity contribution in [2.45, 2.75) is 6.92 Å². The van der Waals surface area contributed by atoms with E-state index in [2.05, 4.69) is 153 Å². The lowest BCUT2D eigenvalue weighted by atomic mass is 9.94. The smallest absolute Gasteiger partial charge is 0.199 e. The van der Waals surface area contributed by atoms with E-state index in [4.69, 9.17) is 0 Å². The first-order valence-corrected chi connectivity index (χ1v) is 11.3. The molecule has 0 amide bonds. The first kappa shape index (κ1) is 22.2. The summed E-state index contributed by atoms with van der Waals surface area (Å²) in [7, 11) is 4.13. The minimum absolute atomic E-state index is 1.20. The van der Waals surface area contributed by atoms with E-state index in [9.17, 15) is 0 Å². The van der Waals surface area contributed by atoms with Gasteiger partial charge in [-0.05, 0) is 52.5 Å². The van der Waals surface area contributed by atoms with Gasteiger partial charge in [0.2, 0.25) is 0 Å². The van der Waals surface area contributed by atoms with E-state index in [0.717, 1.165) is 0 Å². The quantitative estimate of drug-likeness (QED) is 0.297. The van der Waals surface area contributed by atoms with Crippen molar-refractivity contribution in [3.8, 4) is 0 Å². The number of rotatable bonds is 5. The molecule has 1 aliphatic rings. The Morgan fingerprint density at radius 3 is 1.76 bits per heavy atom. The van der Waals surface area contributed by atoms with Gasteiger partial charge in [-0.2, -0.15) is 0 Å². The summed E-state index contributed by atoms with van der Waals surface area (Å²) in [4.78, 5) is 0. The molecule has 0 aromatic heterocycles. The molecule has 162 valence electrons. The number of nitrogens with zero attached hydrogens (tertiary/aromatic N) is 1. The molecule has 33 heavy (non-hydrogen) atoms. The fourth-order valence-electron chi connectivity index (χ4n) is 3.87. The Morgan fingerprint density at radius 1 is 0.636 bits per heavy atom. The van der Waals surface area contributed by atoms with Gasteiger partial charge in [0, 0.05) is 12.2 Å². The molecular formula is C32H30N+. The van der Waals surface area contributed by atoms with E-state index in [-0.39, 0.29) is 0 Å². The van der Waals surface area contributed by atoms with Crippen LogP contribution < -0.4 is 0 Å². The van der Waals surface area contributed by atoms with Crippen molar-refractivity contribution >= 4 is 16.9 Å². The zero-order valence-electron chi connectivity index (χ0n) is 19.6. The van der Waals surface area contributed by atoms with Gasteiger partial charge in [0.1, 0.15) is 14.1 Å². The molecule has 0 N–H and O–H groups in total. The topological polar surface area (TPSA) is 3.01 Å². The Labute approximate surface area is 197 Å². The van der Waals surface area contributed by atoms with Gasteiger partial charge in [-0.25, -0.2) is 4.58 Å². The van der Waals surface area contributed by atoms with Crippen LogP contribution in [0.2, 0.25) is 0 Å². The van der Waals surface area contributed by atoms with Crippen molar-refractivity contribution in [3.63, 3.8) is 0 Å². The van der Waals surface area contributed by atoms with Gasteiger partial charge >= 0.3 is 0 Å². The summed E-state index contributed by atoms with van der Waals surface area (Å²) < 4.78 is 2.12. The normalized spacial score (nSPS) is 13.6. The molecule has 3 aromatic rings. The van der Waals surface area contributed by atoms with Crippen LogP contribution in [0.25, 0.3) is 11.1 Å². The van der Waals surface area contributed by atoms with Crippen LogP contribution in [-0.4, -0.2) is 24.4 Å². The van der Waals surface area contributed by atoms with Crippen LogP contribution in [0.3, 0.4) is 0 Å². The summed E-state index contributed by atoms with van der Waals surface area (Å²) in [5, 5.41) is 0. The number of allylic oxidation sites excluding steroid dienone is 9. The number of aryl methyl sites for hydroxylation is 1. The van der Waals surface area contributed by atoms with E-state index in [1.54, 1.807) is 0 Å². The number of benzene rings is 3. The van der Waals surface area contributed by atoms with E-state index < -0.39 is 0 Å². The van der Waals surface area contributed by atoms with Crippen LogP contribution in [-0.2, 0) is 0 Å². The second kappa shape index (κ2) is 10.6. The monoisotopic (exact) mass is 428 g/mol. The van der Waals surface area contributed by atoms with Crippen LogP contribution >= 0.6 is 0 Å². The number of hydrogen-bond donors (Lipinski definition) is 0. The molecule has 0 unspecified atom stereocenters. The maximum absolute atomic E-state index is 2.22. The predicted octanol–water partition coefficient (Wildman–Crippen LogP) is 7.28. The lowest BCUT2D eigenvalue weighted by molar-refractivity contribution is -0.462. The van der Waals surface area contributed by atoms with Crippen molar-refractivity contribution in [2.24, 2.45) is 0 Å². The van der Waals surface area contributed by atoms with Gasteiger partial charge in [-0.15, -0.1) is 0 Å². The SMILES string of the molecule is Cc1ccc(C(=CC=CC(=C2C=CC(=[N+](C)C)C=C2)c2ccccc2)c2ccccc2)cc1. The predicted molar refractivity (Wildman–Crippen MR) is 143 cm³/mol. The minimum atomic E-state index is 1.20.